The lowest BCUT2D eigenvalue weighted by Crippen LogP contribution is -2.22. The molecule has 0 aliphatic heterocycles. The third kappa shape index (κ3) is 7.01. The van der Waals surface area contributed by atoms with Gasteiger partial charge in [-0.25, -0.2) is 4.79 Å². The first kappa shape index (κ1) is 25.1. The van der Waals surface area contributed by atoms with Crippen molar-refractivity contribution in [2.24, 2.45) is 0 Å². The molecular formula is C27H24N4O6. The van der Waals surface area contributed by atoms with Crippen molar-refractivity contribution in [1.82, 2.24) is 10.2 Å². The molecule has 0 radical (unpaired) electrons. The first-order valence-corrected chi connectivity index (χ1v) is 11.4. The molecule has 0 atom stereocenters. The molecule has 0 saturated heterocycles. The maximum atomic E-state index is 12.6. The van der Waals surface area contributed by atoms with E-state index in [1.54, 1.807) is 37.4 Å². The van der Waals surface area contributed by atoms with Crippen LogP contribution >= 0.6 is 0 Å². The second kappa shape index (κ2) is 12.1. The van der Waals surface area contributed by atoms with Gasteiger partial charge in [-0.1, -0.05) is 47.6 Å². The third-order valence-electron chi connectivity index (χ3n) is 5.25. The van der Waals surface area contributed by atoms with Crippen LogP contribution in [0.4, 0.5) is 11.7 Å². The van der Waals surface area contributed by atoms with E-state index in [9.17, 15) is 14.4 Å². The van der Waals surface area contributed by atoms with Gasteiger partial charge >= 0.3 is 12.0 Å². The van der Waals surface area contributed by atoms with E-state index < -0.39 is 18.5 Å². The number of hydrogen-bond donors (Lipinski definition) is 2. The number of anilines is 2. The number of methoxy groups -OCH3 is 1. The minimum absolute atomic E-state index is 0.121. The van der Waals surface area contributed by atoms with Crippen LogP contribution in [0.25, 0.3) is 11.5 Å². The zero-order valence-electron chi connectivity index (χ0n) is 20.0. The van der Waals surface area contributed by atoms with Gasteiger partial charge in [0.15, 0.2) is 6.61 Å². The van der Waals surface area contributed by atoms with Gasteiger partial charge in [-0.2, -0.15) is 0 Å². The molecule has 10 heteroatoms. The van der Waals surface area contributed by atoms with Crippen LogP contribution in [0.15, 0.2) is 83.3 Å². The summed E-state index contributed by atoms with van der Waals surface area (Å²) in [7, 11) is 1.59. The number of amides is 2. The fourth-order valence-corrected chi connectivity index (χ4v) is 3.37. The molecule has 0 bridgehead atoms. The number of esters is 1. The predicted molar refractivity (Wildman–Crippen MR) is 135 cm³/mol. The average Bonchev–Trinajstić information content (AvgIpc) is 3.40. The number of carbonyl (C=O) groups excluding carboxylic acids is 3. The summed E-state index contributed by atoms with van der Waals surface area (Å²) in [5.41, 5.74) is 2.09. The Kier molecular flexibility index (Phi) is 8.22. The predicted octanol–water partition coefficient (Wildman–Crippen LogP) is 4.11. The maximum Gasteiger partial charge on any atom is 0.340 e. The van der Waals surface area contributed by atoms with Gasteiger partial charge in [0.05, 0.1) is 18.4 Å². The van der Waals surface area contributed by atoms with Gasteiger partial charge in [0, 0.05) is 12.0 Å². The van der Waals surface area contributed by atoms with Crippen molar-refractivity contribution in [3.63, 3.8) is 0 Å². The monoisotopic (exact) mass is 500 g/mol. The van der Waals surface area contributed by atoms with Crippen LogP contribution in [-0.2, 0) is 20.7 Å². The minimum Gasteiger partial charge on any atom is -0.497 e. The number of hydrogen-bond acceptors (Lipinski definition) is 8. The van der Waals surface area contributed by atoms with Crippen LogP contribution in [0.3, 0.4) is 0 Å². The normalized spacial score (nSPS) is 10.4. The van der Waals surface area contributed by atoms with E-state index in [1.807, 2.05) is 42.5 Å². The molecule has 37 heavy (non-hydrogen) atoms. The zero-order chi connectivity index (χ0) is 26.0. The Balaban J connectivity index is 1.28. The van der Waals surface area contributed by atoms with Crippen LogP contribution in [0.1, 0.15) is 22.3 Å². The van der Waals surface area contributed by atoms with Gasteiger partial charge in [-0.3, -0.25) is 14.9 Å². The Morgan fingerprint density at radius 1 is 0.838 bits per heavy atom. The van der Waals surface area contributed by atoms with E-state index in [2.05, 4.69) is 20.8 Å². The Morgan fingerprint density at radius 2 is 1.57 bits per heavy atom. The molecule has 188 valence electrons. The number of para-hydroxylation sites is 1. The quantitative estimate of drug-likeness (QED) is 0.311. The van der Waals surface area contributed by atoms with Crippen molar-refractivity contribution in [3.05, 3.63) is 90.0 Å². The number of benzene rings is 3. The Bertz CT molecular complexity index is 1370. The topological polar surface area (TPSA) is 133 Å². The van der Waals surface area contributed by atoms with E-state index in [-0.39, 0.29) is 35.5 Å². The Hall–Kier alpha value is -4.99. The van der Waals surface area contributed by atoms with E-state index in [0.717, 1.165) is 11.3 Å². The summed E-state index contributed by atoms with van der Waals surface area (Å²) in [6.07, 6.45) is 0.734. The maximum absolute atomic E-state index is 12.6. The Morgan fingerprint density at radius 3 is 2.32 bits per heavy atom. The van der Waals surface area contributed by atoms with Crippen molar-refractivity contribution in [3.8, 4) is 17.2 Å². The van der Waals surface area contributed by atoms with Crippen molar-refractivity contribution in [2.45, 2.75) is 12.8 Å². The van der Waals surface area contributed by atoms with E-state index >= 15 is 0 Å². The van der Waals surface area contributed by atoms with Gasteiger partial charge in [0.2, 0.25) is 11.8 Å². The van der Waals surface area contributed by atoms with E-state index in [4.69, 9.17) is 13.9 Å². The van der Waals surface area contributed by atoms with Crippen molar-refractivity contribution in [2.75, 3.05) is 24.4 Å². The summed E-state index contributed by atoms with van der Waals surface area (Å²) in [6.45, 7) is -0.582. The van der Waals surface area contributed by atoms with Gasteiger partial charge in [-0.15, -0.1) is 5.10 Å². The van der Waals surface area contributed by atoms with Crippen molar-refractivity contribution in [1.29, 1.82) is 0 Å². The zero-order valence-corrected chi connectivity index (χ0v) is 20.0. The fraction of sp³-hybridized carbons (Fsp3) is 0.148. The fourth-order valence-electron chi connectivity index (χ4n) is 3.37. The summed E-state index contributed by atoms with van der Waals surface area (Å²) < 4.78 is 15.7. The van der Waals surface area contributed by atoms with Gasteiger partial charge in [0.25, 0.3) is 5.91 Å². The molecule has 0 saturated carbocycles. The molecule has 2 N–H and O–H groups in total. The lowest BCUT2D eigenvalue weighted by molar-refractivity contribution is -0.119. The summed E-state index contributed by atoms with van der Waals surface area (Å²) in [6, 6.07) is 22.8. The van der Waals surface area contributed by atoms with Crippen LogP contribution < -0.4 is 15.4 Å². The minimum atomic E-state index is -0.767. The lowest BCUT2D eigenvalue weighted by Gasteiger charge is -2.11. The smallest absolute Gasteiger partial charge is 0.340 e. The summed E-state index contributed by atoms with van der Waals surface area (Å²) in [5.74, 6) is -0.707. The molecule has 3 aromatic carbocycles. The van der Waals surface area contributed by atoms with Crippen LogP contribution in [0.5, 0.6) is 5.75 Å². The number of aryl methyl sites for hydroxylation is 1. The van der Waals surface area contributed by atoms with Crippen molar-refractivity contribution >= 4 is 29.5 Å². The molecule has 0 aliphatic rings. The molecule has 0 unspecified atom stereocenters. The van der Waals surface area contributed by atoms with Gasteiger partial charge in [-0.05, 0) is 48.4 Å². The average molecular weight is 501 g/mol. The highest BCUT2D eigenvalue weighted by molar-refractivity contribution is 6.02. The second-order valence-corrected chi connectivity index (χ2v) is 7.84. The summed E-state index contributed by atoms with van der Waals surface area (Å²) >= 11 is 0. The number of rotatable bonds is 10. The first-order valence-electron chi connectivity index (χ1n) is 11.4. The molecule has 1 aromatic heterocycles. The second-order valence-electron chi connectivity index (χ2n) is 7.84. The number of aromatic nitrogens is 2. The molecule has 0 spiro atoms. The SMILES string of the molecule is COc1ccc(CCC(=O)Nc2ccccc2C(=O)OCC(=O)Nc2nnc(-c3ccccc3)o2)cc1. The molecular weight excluding hydrogens is 476 g/mol. The van der Waals surface area contributed by atoms with Crippen LogP contribution in [0.2, 0.25) is 0 Å². The molecule has 0 fully saturated rings. The number of ether oxygens (including phenoxy) is 2. The molecule has 1 heterocycles. The molecule has 10 nitrogen and oxygen atoms in total. The van der Waals surface area contributed by atoms with Gasteiger partial charge < -0.3 is 19.2 Å². The Labute approximate surface area is 212 Å². The standard InChI is InChI=1S/C27H24N4O6/c1-35-20-14-11-18(12-15-20)13-16-23(32)28-22-10-6-5-9-21(22)26(34)36-17-24(33)29-27-31-30-25(37-27)19-7-3-2-4-8-19/h2-12,14-15H,13,16-17H2,1H3,(H,28,32)(H,29,31,33). The number of carbonyl (C=O) groups is 3. The van der Waals surface area contributed by atoms with E-state index in [0.29, 0.717) is 12.0 Å². The van der Waals surface area contributed by atoms with Crippen LogP contribution in [-0.4, -0.2) is 41.7 Å². The van der Waals surface area contributed by atoms with E-state index in [1.165, 1.54) is 6.07 Å². The summed E-state index contributed by atoms with van der Waals surface area (Å²) in [4.78, 5) is 37.3. The highest BCUT2D eigenvalue weighted by Gasteiger charge is 2.17. The number of nitrogens with one attached hydrogen (secondary N) is 2. The summed E-state index contributed by atoms with van der Waals surface area (Å²) in [5, 5.41) is 12.8. The highest BCUT2D eigenvalue weighted by atomic mass is 16.5. The lowest BCUT2D eigenvalue weighted by atomic mass is 10.1. The molecule has 4 rings (SSSR count). The molecule has 0 aliphatic carbocycles. The molecule has 4 aromatic rings. The highest BCUT2D eigenvalue weighted by Crippen LogP contribution is 2.20. The van der Waals surface area contributed by atoms with Crippen molar-refractivity contribution < 1.29 is 28.3 Å². The first-order chi connectivity index (χ1) is 18.0. The van der Waals surface area contributed by atoms with Gasteiger partial charge in [0.1, 0.15) is 5.75 Å². The molecule has 2 amide bonds. The van der Waals surface area contributed by atoms with Crippen LogP contribution in [0, 0.1) is 0 Å². The third-order valence-corrected chi connectivity index (χ3v) is 5.25. The number of nitrogens with zero attached hydrogens (tertiary/aromatic N) is 2. The largest absolute Gasteiger partial charge is 0.497 e.